The number of aromatic nitrogens is 4. The highest BCUT2D eigenvalue weighted by Crippen LogP contribution is 1.98. The van der Waals surface area contributed by atoms with Gasteiger partial charge in [0.25, 0.3) is 0 Å². The maximum atomic E-state index is 11.4. The SMILES string of the molecule is O=C(Nc1cnccn1)n1ccnc1. The van der Waals surface area contributed by atoms with Crippen molar-refractivity contribution in [1.29, 1.82) is 0 Å². The quantitative estimate of drug-likeness (QED) is 0.718. The highest BCUT2D eigenvalue weighted by atomic mass is 16.2. The first-order chi connectivity index (χ1) is 6.86. The van der Waals surface area contributed by atoms with Gasteiger partial charge in [-0.2, -0.15) is 0 Å². The fourth-order valence-electron chi connectivity index (χ4n) is 0.917. The molecule has 0 aliphatic rings. The zero-order chi connectivity index (χ0) is 9.80. The van der Waals surface area contributed by atoms with Gasteiger partial charge in [0.2, 0.25) is 0 Å². The van der Waals surface area contributed by atoms with Crippen molar-refractivity contribution in [3.8, 4) is 0 Å². The molecule has 0 spiro atoms. The van der Waals surface area contributed by atoms with Crippen LogP contribution >= 0.6 is 0 Å². The number of carbonyl (C=O) groups excluding carboxylic acids is 1. The van der Waals surface area contributed by atoms with E-state index < -0.39 is 0 Å². The molecule has 2 aromatic heterocycles. The minimum absolute atomic E-state index is 0.317. The van der Waals surface area contributed by atoms with E-state index in [1.54, 1.807) is 6.20 Å². The number of rotatable bonds is 1. The van der Waals surface area contributed by atoms with Crippen molar-refractivity contribution in [2.45, 2.75) is 0 Å². The first kappa shape index (κ1) is 8.36. The molecule has 1 N–H and O–H groups in total. The fourth-order valence-corrected chi connectivity index (χ4v) is 0.917. The number of nitrogens with zero attached hydrogens (tertiary/aromatic N) is 4. The molecule has 2 aromatic rings. The number of hydrogen-bond donors (Lipinski definition) is 1. The van der Waals surface area contributed by atoms with E-state index in [-0.39, 0.29) is 6.03 Å². The van der Waals surface area contributed by atoms with Crippen LogP contribution in [0.25, 0.3) is 0 Å². The fraction of sp³-hybridized carbons (Fsp3) is 0. The molecular formula is C8H7N5O. The standard InChI is InChI=1S/C8H7N5O/c14-8(13-4-3-10-6-13)12-7-5-9-1-2-11-7/h1-6H,(H,11,12,14). The molecule has 70 valence electrons. The lowest BCUT2D eigenvalue weighted by Crippen LogP contribution is -2.18. The summed E-state index contributed by atoms with van der Waals surface area (Å²) in [6.07, 6.45) is 8.98. The van der Waals surface area contributed by atoms with E-state index in [0.717, 1.165) is 0 Å². The summed E-state index contributed by atoms with van der Waals surface area (Å²) in [6, 6.07) is -0.317. The number of carbonyl (C=O) groups is 1. The molecule has 0 saturated carbocycles. The van der Waals surface area contributed by atoms with Crippen LogP contribution in [0.15, 0.2) is 37.3 Å². The van der Waals surface area contributed by atoms with Gasteiger partial charge in [-0.05, 0) is 0 Å². The van der Waals surface area contributed by atoms with Crippen LogP contribution in [-0.2, 0) is 0 Å². The summed E-state index contributed by atoms with van der Waals surface area (Å²) in [7, 11) is 0. The smallest absolute Gasteiger partial charge is 0.290 e. The molecule has 0 unspecified atom stereocenters. The van der Waals surface area contributed by atoms with Gasteiger partial charge in [-0.25, -0.2) is 14.8 Å². The third-order valence-electron chi connectivity index (χ3n) is 1.54. The zero-order valence-corrected chi connectivity index (χ0v) is 7.16. The molecular weight excluding hydrogens is 182 g/mol. The maximum absolute atomic E-state index is 11.4. The van der Waals surface area contributed by atoms with Crippen molar-refractivity contribution in [3.63, 3.8) is 0 Å². The van der Waals surface area contributed by atoms with Crippen LogP contribution in [0.5, 0.6) is 0 Å². The van der Waals surface area contributed by atoms with E-state index in [1.165, 1.54) is 35.7 Å². The molecule has 14 heavy (non-hydrogen) atoms. The molecule has 0 aliphatic heterocycles. The highest BCUT2D eigenvalue weighted by Gasteiger charge is 2.03. The predicted octanol–water partition coefficient (Wildman–Crippen LogP) is 0.753. The molecule has 6 heteroatoms. The Morgan fingerprint density at radius 1 is 1.29 bits per heavy atom. The summed E-state index contributed by atoms with van der Waals surface area (Å²) < 4.78 is 1.31. The Kier molecular flexibility index (Phi) is 2.18. The van der Waals surface area contributed by atoms with Gasteiger partial charge in [-0.3, -0.25) is 14.9 Å². The summed E-state index contributed by atoms with van der Waals surface area (Å²) in [6.45, 7) is 0. The molecule has 6 nitrogen and oxygen atoms in total. The Morgan fingerprint density at radius 3 is 2.86 bits per heavy atom. The summed E-state index contributed by atoms with van der Waals surface area (Å²) in [5, 5.41) is 2.55. The van der Waals surface area contributed by atoms with E-state index in [0.29, 0.717) is 5.82 Å². The first-order valence-electron chi connectivity index (χ1n) is 3.91. The third-order valence-corrected chi connectivity index (χ3v) is 1.54. The minimum atomic E-state index is -0.317. The Hall–Kier alpha value is -2.24. The van der Waals surface area contributed by atoms with Crippen LogP contribution < -0.4 is 5.32 Å². The van der Waals surface area contributed by atoms with Gasteiger partial charge in [-0.15, -0.1) is 0 Å². The second kappa shape index (κ2) is 3.65. The lowest BCUT2D eigenvalue weighted by molar-refractivity contribution is 0.253. The Labute approximate surface area is 79.6 Å². The normalized spacial score (nSPS) is 9.71. The van der Waals surface area contributed by atoms with Crippen molar-refractivity contribution in [2.75, 3.05) is 5.32 Å². The van der Waals surface area contributed by atoms with Crippen molar-refractivity contribution >= 4 is 11.8 Å². The lowest BCUT2D eigenvalue weighted by atomic mass is 10.6. The second-order valence-electron chi connectivity index (χ2n) is 2.49. The number of anilines is 1. The summed E-state index contributed by atoms with van der Waals surface area (Å²) in [5.74, 6) is 0.409. The average Bonchev–Trinajstić information content (AvgIpc) is 2.72. The predicted molar refractivity (Wildman–Crippen MR) is 48.7 cm³/mol. The average molecular weight is 189 g/mol. The van der Waals surface area contributed by atoms with E-state index in [4.69, 9.17) is 0 Å². The molecule has 0 aliphatic carbocycles. The number of imidazole rings is 1. The van der Waals surface area contributed by atoms with Crippen LogP contribution in [0.4, 0.5) is 10.6 Å². The van der Waals surface area contributed by atoms with Crippen molar-refractivity contribution in [3.05, 3.63) is 37.3 Å². The molecule has 0 bridgehead atoms. The lowest BCUT2D eigenvalue weighted by Gasteiger charge is -2.02. The maximum Gasteiger partial charge on any atom is 0.332 e. The number of hydrogen-bond acceptors (Lipinski definition) is 4. The van der Waals surface area contributed by atoms with Crippen LogP contribution in [0.1, 0.15) is 0 Å². The third kappa shape index (κ3) is 1.74. The van der Waals surface area contributed by atoms with Gasteiger partial charge < -0.3 is 0 Å². The molecule has 0 fully saturated rings. The number of amides is 1. The molecule has 0 atom stereocenters. The summed E-state index contributed by atoms with van der Waals surface area (Å²) >= 11 is 0. The topological polar surface area (TPSA) is 72.7 Å². The van der Waals surface area contributed by atoms with Gasteiger partial charge in [-0.1, -0.05) is 0 Å². The molecule has 2 rings (SSSR count). The van der Waals surface area contributed by atoms with Gasteiger partial charge in [0.1, 0.15) is 6.33 Å². The summed E-state index contributed by atoms with van der Waals surface area (Å²) in [4.78, 5) is 22.9. The second-order valence-corrected chi connectivity index (χ2v) is 2.49. The Bertz CT molecular complexity index is 411. The van der Waals surface area contributed by atoms with E-state index in [1.807, 2.05) is 0 Å². The summed E-state index contributed by atoms with van der Waals surface area (Å²) in [5.41, 5.74) is 0. The minimum Gasteiger partial charge on any atom is -0.290 e. The monoisotopic (exact) mass is 189 g/mol. The van der Waals surface area contributed by atoms with Crippen LogP contribution in [0, 0.1) is 0 Å². The zero-order valence-electron chi connectivity index (χ0n) is 7.16. The largest absolute Gasteiger partial charge is 0.332 e. The first-order valence-corrected chi connectivity index (χ1v) is 3.91. The van der Waals surface area contributed by atoms with Gasteiger partial charge in [0.05, 0.1) is 6.20 Å². The van der Waals surface area contributed by atoms with E-state index in [9.17, 15) is 4.79 Å². The van der Waals surface area contributed by atoms with Gasteiger partial charge >= 0.3 is 6.03 Å². The van der Waals surface area contributed by atoms with Crippen LogP contribution in [0.3, 0.4) is 0 Å². The Morgan fingerprint density at radius 2 is 2.21 bits per heavy atom. The van der Waals surface area contributed by atoms with Crippen LogP contribution in [-0.4, -0.2) is 25.6 Å². The van der Waals surface area contributed by atoms with Crippen LogP contribution in [0.2, 0.25) is 0 Å². The van der Waals surface area contributed by atoms with E-state index >= 15 is 0 Å². The van der Waals surface area contributed by atoms with Crippen molar-refractivity contribution in [2.24, 2.45) is 0 Å². The van der Waals surface area contributed by atoms with Crippen molar-refractivity contribution < 1.29 is 4.79 Å². The molecule has 0 aromatic carbocycles. The van der Waals surface area contributed by atoms with Gasteiger partial charge in [0.15, 0.2) is 5.82 Å². The molecule has 0 radical (unpaired) electrons. The highest BCUT2D eigenvalue weighted by molar-refractivity contribution is 5.89. The molecule has 1 amide bonds. The van der Waals surface area contributed by atoms with E-state index in [2.05, 4.69) is 20.3 Å². The number of nitrogens with one attached hydrogen (secondary N) is 1. The molecule has 0 saturated heterocycles. The Balaban J connectivity index is 2.10. The van der Waals surface area contributed by atoms with Gasteiger partial charge in [0, 0.05) is 24.8 Å². The molecule has 2 heterocycles. The van der Waals surface area contributed by atoms with Crippen molar-refractivity contribution in [1.82, 2.24) is 19.5 Å².